The zero-order chi connectivity index (χ0) is 23.0. The van der Waals surface area contributed by atoms with Gasteiger partial charge in [0.15, 0.2) is 0 Å². The van der Waals surface area contributed by atoms with Crippen molar-refractivity contribution < 1.29 is 19.9 Å². The minimum Gasteiger partial charge on any atom is -0.251 e. The first-order valence-electron chi connectivity index (χ1n) is 10.4. The summed E-state index contributed by atoms with van der Waals surface area (Å²) in [7, 11) is 0. The van der Waals surface area contributed by atoms with Crippen LogP contribution in [0.3, 0.4) is 0 Å². The van der Waals surface area contributed by atoms with Crippen LogP contribution in [0, 0.1) is 0 Å². The van der Waals surface area contributed by atoms with E-state index in [0.29, 0.717) is 0 Å². The number of benzene rings is 3. The topological polar surface area (TPSA) is 47.9 Å². The Morgan fingerprint density at radius 3 is 0.968 bits per heavy atom. The van der Waals surface area contributed by atoms with Crippen LogP contribution >= 0.6 is 0 Å². The monoisotopic (exact) mass is 422 g/mol. The number of hydrogen-bond donors (Lipinski definition) is 1. The molecule has 0 bridgehead atoms. The highest BCUT2D eigenvalue weighted by Crippen LogP contribution is 2.31. The van der Waals surface area contributed by atoms with Crippen LogP contribution in [0.4, 0.5) is 0 Å². The van der Waals surface area contributed by atoms with E-state index < -0.39 is 16.8 Å². The molecule has 0 saturated heterocycles. The molecule has 0 aliphatic heterocycles. The highest BCUT2D eigenvalue weighted by atomic mass is 17.2. The molecule has 0 aliphatic rings. The molecule has 3 aromatic rings. The number of hydrogen-bond acceptors (Lipinski definition) is 4. The molecule has 4 nitrogen and oxygen atoms in total. The molecule has 0 heterocycles. The van der Waals surface area contributed by atoms with Gasteiger partial charge in [-0.2, -0.15) is 0 Å². The quantitative estimate of drug-likeness (QED) is 0.323. The second-order valence-electron chi connectivity index (χ2n) is 8.89. The third-order valence-electron chi connectivity index (χ3n) is 5.09. The first-order chi connectivity index (χ1) is 14.6. The van der Waals surface area contributed by atoms with Crippen LogP contribution in [0.2, 0.25) is 0 Å². The van der Waals surface area contributed by atoms with E-state index in [9.17, 15) is 0 Å². The van der Waals surface area contributed by atoms with Crippen LogP contribution in [-0.2, 0) is 31.5 Å². The fraction of sp³-hybridized carbons (Fsp3) is 0.333. The molecule has 0 atom stereocenters. The molecule has 166 valence electrons. The average molecular weight is 423 g/mol. The maximum atomic E-state index is 8.55. The predicted molar refractivity (Wildman–Crippen MR) is 124 cm³/mol. The van der Waals surface area contributed by atoms with Gasteiger partial charge in [-0.15, -0.1) is 0 Å². The summed E-state index contributed by atoms with van der Waals surface area (Å²) in [6.07, 6.45) is 0. The zero-order valence-corrected chi connectivity index (χ0v) is 19.3. The molecular formula is C27H34O4. The van der Waals surface area contributed by atoms with E-state index in [1.54, 1.807) is 0 Å². The van der Waals surface area contributed by atoms with E-state index in [1.165, 1.54) is 0 Å². The van der Waals surface area contributed by atoms with Crippen LogP contribution in [-0.4, -0.2) is 5.26 Å². The molecule has 0 fully saturated rings. The largest absolute Gasteiger partial charge is 0.251 e. The molecule has 0 aromatic heterocycles. The Hall–Kier alpha value is -2.50. The fourth-order valence-electron chi connectivity index (χ4n) is 2.88. The third kappa shape index (κ3) is 7.30. The Bertz CT molecular complexity index is 837. The summed E-state index contributed by atoms with van der Waals surface area (Å²) in [5.41, 5.74) is 1.54. The van der Waals surface area contributed by atoms with Crippen LogP contribution in [0.15, 0.2) is 91.0 Å². The highest BCUT2D eigenvalue weighted by molar-refractivity contribution is 5.22. The van der Waals surface area contributed by atoms with Crippen LogP contribution in [0.25, 0.3) is 0 Å². The van der Waals surface area contributed by atoms with Gasteiger partial charge >= 0.3 is 0 Å². The Morgan fingerprint density at radius 2 is 0.710 bits per heavy atom. The summed E-state index contributed by atoms with van der Waals surface area (Å²) in [5.74, 6) is 0. The summed E-state index contributed by atoms with van der Waals surface area (Å²) in [4.78, 5) is 15.8. The third-order valence-corrected chi connectivity index (χ3v) is 5.09. The lowest BCUT2D eigenvalue weighted by Gasteiger charge is -2.31. The summed E-state index contributed by atoms with van der Waals surface area (Å²) in [5, 5.41) is 8.55. The van der Waals surface area contributed by atoms with Gasteiger partial charge in [-0.25, -0.2) is 14.7 Å². The van der Waals surface area contributed by atoms with Crippen LogP contribution < -0.4 is 0 Å². The molecule has 31 heavy (non-hydrogen) atoms. The van der Waals surface area contributed by atoms with Crippen molar-refractivity contribution in [3.05, 3.63) is 108 Å². The molecule has 0 radical (unpaired) electrons. The van der Waals surface area contributed by atoms with E-state index >= 15 is 0 Å². The van der Waals surface area contributed by atoms with Crippen molar-refractivity contribution in [2.75, 3.05) is 0 Å². The average Bonchev–Trinajstić information content (AvgIpc) is 2.80. The standard InChI is InChI=1S/C18H22O2.C9H12O2/c1-17(2,15-11-7-5-8-12-15)19-20-18(3,4)16-13-9-6-10-14-16;1-9(2,11-10)8-6-4-3-5-7-8/h5-14H,1-4H3;3-7,10H,1-2H3. The van der Waals surface area contributed by atoms with E-state index in [2.05, 4.69) is 4.89 Å². The van der Waals surface area contributed by atoms with Gasteiger partial charge in [-0.05, 0) is 58.2 Å². The lowest BCUT2D eigenvalue weighted by molar-refractivity contribution is -0.410. The summed E-state index contributed by atoms with van der Waals surface area (Å²) >= 11 is 0. The van der Waals surface area contributed by atoms with Crippen molar-refractivity contribution in [3.63, 3.8) is 0 Å². The predicted octanol–water partition coefficient (Wildman–Crippen LogP) is 7.22. The van der Waals surface area contributed by atoms with Crippen molar-refractivity contribution in [1.29, 1.82) is 0 Å². The van der Waals surface area contributed by atoms with Crippen molar-refractivity contribution in [2.24, 2.45) is 0 Å². The fourth-order valence-corrected chi connectivity index (χ4v) is 2.88. The lowest BCUT2D eigenvalue weighted by atomic mass is 9.98. The maximum absolute atomic E-state index is 8.55. The Labute approximate surface area is 186 Å². The van der Waals surface area contributed by atoms with Crippen molar-refractivity contribution in [3.8, 4) is 0 Å². The van der Waals surface area contributed by atoms with Crippen molar-refractivity contribution >= 4 is 0 Å². The van der Waals surface area contributed by atoms with Gasteiger partial charge in [0.2, 0.25) is 0 Å². The zero-order valence-electron chi connectivity index (χ0n) is 19.3. The van der Waals surface area contributed by atoms with Gasteiger partial charge in [-0.1, -0.05) is 91.0 Å². The van der Waals surface area contributed by atoms with Gasteiger partial charge in [0, 0.05) is 0 Å². The second-order valence-corrected chi connectivity index (χ2v) is 8.89. The summed E-state index contributed by atoms with van der Waals surface area (Å²) < 4.78 is 0. The van der Waals surface area contributed by atoms with Gasteiger partial charge in [0.1, 0.15) is 16.8 Å². The van der Waals surface area contributed by atoms with Crippen LogP contribution in [0.5, 0.6) is 0 Å². The smallest absolute Gasteiger partial charge is 0.123 e. The van der Waals surface area contributed by atoms with Crippen molar-refractivity contribution in [2.45, 2.75) is 58.3 Å². The molecule has 1 N–H and O–H groups in total. The van der Waals surface area contributed by atoms with Gasteiger partial charge in [0.05, 0.1) is 0 Å². The normalized spacial score (nSPS) is 12.1. The summed E-state index contributed by atoms with van der Waals surface area (Å²) in [6.45, 7) is 11.6. The first-order valence-corrected chi connectivity index (χ1v) is 10.4. The van der Waals surface area contributed by atoms with Crippen LogP contribution in [0.1, 0.15) is 58.2 Å². The highest BCUT2D eigenvalue weighted by Gasteiger charge is 2.29. The van der Waals surface area contributed by atoms with Gasteiger partial charge < -0.3 is 0 Å². The Balaban J connectivity index is 0.000000262. The molecule has 0 amide bonds. The molecule has 0 spiro atoms. The molecule has 0 unspecified atom stereocenters. The lowest BCUT2D eigenvalue weighted by Crippen LogP contribution is -2.29. The van der Waals surface area contributed by atoms with E-state index in [0.717, 1.165) is 16.7 Å². The minimum atomic E-state index is -0.610. The first kappa shape index (κ1) is 24.8. The van der Waals surface area contributed by atoms with Crippen molar-refractivity contribution in [1.82, 2.24) is 0 Å². The van der Waals surface area contributed by atoms with E-state index in [1.807, 2.05) is 133 Å². The molecule has 0 aliphatic carbocycles. The SMILES string of the molecule is CC(C)(OO)c1ccccc1.CC(C)(OOC(C)(C)c1ccccc1)c1ccccc1. The molecule has 3 rings (SSSR count). The number of rotatable bonds is 7. The molecule has 3 aromatic carbocycles. The molecular weight excluding hydrogens is 388 g/mol. The van der Waals surface area contributed by atoms with E-state index in [4.69, 9.17) is 15.0 Å². The van der Waals surface area contributed by atoms with Gasteiger partial charge in [-0.3, -0.25) is 5.26 Å². The van der Waals surface area contributed by atoms with Gasteiger partial charge in [0.25, 0.3) is 0 Å². The maximum Gasteiger partial charge on any atom is 0.123 e. The molecule has 0 saturated carbocycles. The molecule has 4 heteroatoms. The Kier molecular flexibility index (Phi) is 8.54. The Morgan fingerprint density at radius 1 is 0.452 bits per heavy atom. The summed E-state index contributed by atoms with van der Waals surface area (Å²) in [6, 6.07) is 29.7. The van der Waals surface area contributed by atoms with E-state index in [-0.39, 0.29) is 0 Å². The second kappa shape index (κ2) is 10.7. The minimum absolute atomic E-state index is 0.493.